The van der Waals surface area contributed by atoms with E-state index >= 15 is 0 Å². The van der Waals surface area contributed by atoms with Gasteiger partial charge in [-0.25, -0.2) is 0 Å². The molecule has 1 nitrogen and oxygen atoms in total. The van der Waals surface area contributed by atoms with Crippen LogP contribution in [-0.4, -0.2) is 4.57 Å². The van der Waals surface area contributed by atoms with Gasteiger partial charge in [-0.2, -0.15) is 13.2 Å². The molecule has 0 saturated carbocycles. The molecule has 2 aromatic rings. The number of hydrogen-bond donors (Lipinski definition) is 0. The summed E-state index contributed by atoms with van der Waals surface area (Å²) in [6, 6.07) is 6.84. The molecule has 1 aromatic carbocycles. The van der Waals surface area contributed by atoms with Crippen LogP contribution >= 0.6 is 11.6 Å². The first-order chi connectivity index (χ1) is 7.48. The van der Waals surface area contributed by atoms with Crippen LogP contribution in [0, 0.1) is 0 Å². The minimum Gasteiger partial charge on any atom is -0.322 e. The second kappa shape index (κ2) is 3.87. The predicted octanol–water partition coefficient (Wildman–Crippen LogP) is 4.15. The highest BCUT2D eigenvalue weighted by Crippen LogP contribution is 2.33. The molecular weight excluding hydrogens is 239 g/mol. The number of halogens is 4. The molecule has 2 rings (SSSR count). The molecule has 0 fully saturated rings. The summed E-state index contributed by atoms with van der Waals surface area (Å²) in [7, 11) is 0. The molecule has 0 radical (unpaired) electrons. The van der Waals surface area contributed by atoms with Gasteiger partial charge < -0.3 is 4.57 Å². The molecule has 0 saturated heterocycles. The molecule has 84 valence electrons. The smallest absolute Gasteiger partial charge is 0.322 e. The van der Waals surface area contributed by atoms with Crippen molar-refractivity contribution in [3.05, 3.63) is 53.3 Å². The third-order valence-corrected chi connectivity index (χ3v) is 2.46. The van der Waals surface area contributed by atoms with Crippen LogP contribution in [0.5, 0.6) is 0 Å². The van der Waals surface area contributed by atoms with Crippen molar-refractivity contribution in [3.8, 4) is 5.69 Å². The van der Waals surface area contributed by atoms with Crippen LogP contribution in [0.3, 0.4) is 0 Å². The van der Waals surface area contributed by atoms with Gasteiger partial charge in [0.05, 0.1) is 16.3 Å². The minimum absolute atomic E-state index is 0.0750. The Morgan fingerprint density at radius 1 is 1.06 bits per heavy atom. The molecule has 1 aromatic heterocycles. The summed E-state index contributed by atoms with van der Waals surface area (Å²) < 4.78 is 38.8. The monoisotopic (exact) mass is 245 g/mol. The molecule has 0 unspecified atom stereocenters. The molecule has 0 spiro atoms. The van der Waals surface area contributed by atoms with Gasteiger partial charge in [0.1, 0.15) is 0 Å². The fraction of sp³-hybridized carbons (Fsp3) is 0.0909. The molecule has 0 N–H and O–H groups in total. The summed E-state index contributed by atoms with van der Waals surface area (Å²) in [5.41, 5.74) is -0.215. The van der Waals surface area contributed by atoms with Crippen LogP contribution in [0.15, 0.2) is 42.7 Å². The Morgan fingerprint density at radius 3 is 2.19 bits per heavy atom. The van der Waals surface area contributed by atoms with E-state index in [9.17, 15) is 13.2 Å². The molecule has 0 amide bonds. The Bertz CT molecular complexity index is 488. The van der Waals surface area contributed by atoms with Crippen LogP contribution < -0.4 is 0 Å². The lowest BCUT2D eigenvalue weighted by Gasteiger charge is -2.10. The normalized spacial score (nSPS) is 11.8. The van der Waals surface area contributed by atoms with Crippen molar-refractivity contribution in [2.45, 2.75) is 6.18 Å². The summed E-state index contributed by atoms with van der Waals surface area (Å²) in [6.07, 6.45) is -0.929. The average Bonchev–Trinajstić information content (AvgIpc) is 2.69. The van der Waals surface area contributed by atoms with Crippen molar-refractivity contribution in [2.75, 3.05) is 0 Å². The van der Waals surface area contributed by atoms with Gasteiger partial charge in [0.15, 0.2) is 0 Å². The van der Waals surface area contributed by atoms with Gasteiger partial charge in [0, 0.05) is 12.4 Å². The Hall–Kier alpha value is -1.42. The zero-order valence-electron chi connectivity index (χ0n) is 8.00. The lowest BCUT2D eigenvalue weighted by atomic mass is 10.2. The molecule has 1 heterocycles. The third-order valence-electron chi connectivity index (χ3n) is 2.16. The standard InChI is InChI=1S/C11H7ClF3N/c12-9-7-8(11(13,14)15)3-4-10(9)16-5-1-2-6-16/h1-7H. The largest absolute Gasteiger partial charge is 0.416 e. The van der Waals surface area contributed by atoms with E-state index in [1.807, 2.05) is 0 Å². The van der Waals surface area contributed by atoms with Gasteiger partial charge in [-0.1, -0.05) is 11.6 Å². The van der Waals surface area contributed by atoms with E-state index in [0.717, 1.165) is 12.1 Å². The Morgan fingerprint density at radius 2 is 1.69 bits per heavy atom. The highest BCUT2D eigenvalue weighted by atomic mass is 35.5. The van der Waals surface area contributed by atoms with E-state index in [4.69, 9.17) is 11.6 Å². The van der Waals surface area contributed by atoms with Crippen LogP contribution in [0.25, 0.3) is 5.69 Å². The van der Waals surface area contributed by atoms with E-state index < -0.39 is 11.7 Å². The topological polar surface area (TPSA) is 4.93 Å². The Balaban J connectivity index is 2.46. The second-order valence-corrected chi connectivity index (χ2v) is 3.66. The first kappa shape index (κ1) is 11.1. The molecule has 0 bridgehead atoms. The van der Waals surface area contributed by atoms with E-state index in [0.29, 0.717) is 5.69 Å². The summed E-state index contributed by atoms with van der Waals surface area (Å²) in [4.78, 5) is 0. The Kier molecular flexibility index (Phi) is 2.68. The fourth-order valence-electron chi connectivity index (χ4n) is 1.39. The number of rotatable bonds is 1. The van der Waals surface area contributed by atoms with Gasteiger partial charge in [-0.3, -0.25) is 0 Å². The number of alkyl halides is 3. The molecule has 0 atom stereocenters. The first-order valence-electron chi connectivity index (χ1n) is 4.48. The lowest BCUT2D eigenvalue weighted by Crippen LogP contribution is -2.05. The summed E-state index contributed by atoms with van der Waals surface area (Å²) in [5, 5.41) is 0.0750. The quantitative estimate of drug-likeness (QED) is 0.711. The van der Waals surface area contributed by atoms with Crippen molar-refractivity contribution in [1.82, 2.24) is 4.57 Å². The summed E-state index contributed by atoms with van der Waals surface area (Å²) in [6.45, 7) is 0. The van der Waals surface area contributed by atoms with Crippen molar-refractivity contribution in [3.63, 3.8) is 0 Å². The lowest BCUT2D eigenvalue weighted by molar-refractivity contribution is -0.137. The van der Waals surface area contributed by atoms with Crippen LogP contribution in [0.4, 0.5) is 13.2 Å². The number of hydrogen-bond acceptors (Lipinski definition) is 0. The van der Waals surface area contributed by atoms with Gasteiger partial charge >= 0.3 is 6.18 Å². The molecular formula is C11H7ClF3N. The van der Waals surface area contributed by atoms with Crippen molar-refractivity contribution >= 4 is 11.6 Å². The summed E-state index contributed by atoms with van der Waals surface area (Å²) in [5.74, 6) is 0. The molecule has 0 aliphatic rings. The highest BCUT2D eigenvalue weighted by molar-refractivity contribution is 6.32. The molecule has 16 heavy (non-hydrogen) atoms. The SMILES string of the molecule is FC(F)(F)c1ccc(-n2cccc2)c(Cl)c1. The molecule has 0 aliphatic carbocycles. The van der Waals surface area contributed by atoms with Gasteiger partial charge in [0.25, 0.3) is 0 Å². The zero-order valence-corrected chi connectivity index (χ0v) is 8.76. The van der Waals surface area contributed by atoms with Crippen molar-refractivity contribution in [2.24, 2.45) is 0 Å². The highest BCUT2D eigenvalue weighted by Gasteiger charge is 2.30. The maximum Gasteiger partial charge on any atom is 0.416 e. The molecule has 0 aliphatic heterocycles. The first-order valence-corrected chi connectivity index (χ1v) is 4.86. The number of aromatic nitrogens is 1. The van der Waals surface area contributed by atoms with Crippen molar-refractivity contribution in [1.29, 1.82) is 0 Å². The van der Waals surface area contributed by atoms with Crippen LogP contribution in [0.1, 0.15) is 5.56 Å². The van der Waals surface area contributed by atoms with Gasteiger partial charge in [0.2, 0.25) is 0 Å². The average molecular weight is 246 g/mol. The maximum atomic E-state index is 12.4. The maximum absolute atomic E-state index is 12.4. The van der Waals surface area contributed by atoms with Crippen LogP contribution in [-0.2, 0) is 6.18 Å². The van der Waals surface area contributed by atoms with E-state index in [1.54, 1.807) is 29.1 Å². The van der Waals surface area contributed by atoms with Gasteiger partial charge in [-0.05, 0) is 30.3 Å². The second-order valence-electron chi connectivity index (χ2n) is 3.25. The van der Waals surface area contributed by atoms with Crippen molar-refractivity contribution < 1.29 is 13.2 Å². The minimum atomic E-state index is -4.36. The summed E-state index contributed by atoms with van der Waals surface area (Å²) >= 11 is 5.81. The number of nitrogens with zero attached hydrogens (tertiary/aromatic N) is 1. The number of benzene rings is 1. The van der Waals surface area contributed by atoms with Crippen LogP contribution in [0.2, 0.25) is 5.02 Å². The van der Waals surface area contributed by atoms with E-state index in [-0.39, 0.29) is 5.02 Å². The zero-order chi connectivity index (χ0) is 11.8. The third kappa shape index (κ3) is 2.07. The van der Waals surface area contributed by atoms with E-state index in [2.05, 4.69) is 0 Å². The fourth-order valence-corrected chi connectivity index (χ4v) is 1.67. The Labute approximate surface area is 95.1 Å². The predicted molar refractivity (Wildman–Crippen MR) is 55.8 cm³/mol. The molecule has 5 heteroatoms. The van der Waals surface area contributed by atoms with Gasteiger partial charge in [-0.15, -0.1) is 0 Å². The van der Waals surface area contributed by atoms with E-state index in [1.165, 1.54) is 6.07 Å².